The van der Waals surface area contributed by atoms with Crippen molar-refractivity contribution in [3.05, 3.63) is 35.6 Å². The molecule has 3 heteroatoms. The van der Waals surface area contributed by atoms with Gasteiger partial charge in [0.05, 0.1) is 5.60 Å². The lowest BCUT2D eigenvalue weighted by Crippen LogP contribution is -2.50. The zero-order valence-electron chi connectivity index (χ0n) is 11.6. The zero-order valence-corrected chi connectivity index (χ0v) is 11.6. The van der Waals surface area contributed by atoms with Crippen molar-refractivity contribution in [2.45, 2.75) is 51.7 Å². The van der Waals surface area contributed by atoms with Crippen molar-refractivity contribution in [3.63, 3.8) is 0 Å². The van der Waals surface area contributed by atoms with Crippen LogP contribution in [0, 0.1) is 5.82 Å². The van der Waals surface area contributed by atoms with E-state index in [4.69, 9.17) is 10.5 Å². The summed E-state index contributed by atoms with van der Waals surface area (Å²) in [6.45, 7) is 6.86. The van der Waals surface area contributed by atoms with Gasteiger partial charge in [-0.05, 0) is 43.9 Å². The number of rotatable bonds is 7. The minimum atomic E-state index is -0.275. The maximum absolute atomic E-state index is 12.9. The Hall–Kier alpha value is -0.930. The van der Waals surface area contributed by atoms with Crippen molar-refractivity contribution in [2.24, 2.45) is 5.73 Å². The van der Waals surface area contributed by atoms with Crippen molar-refractivity contribution >= 4 is 0 Å². The largest absolute Gasteiger partial charge is 0.374 e. The molecule has 0 aliphatic rings. The number of nitrogens with two attached hydrogens (primary N) is 1. The molecule has 0 saturated carbocycles. The molecule has 0 fully saturated rings. The van der Waals surface area contributed by atoms with Crippen LogP contribution in [0.1, 0.15) is 39.2 Å². The average molecular weight is 253 g/mol. The van der Waals surface area contributed by atoms with Gasteiger partial charge in [0.15, 0.2) is 0 Å². The molecule has 0 aliphatic carbocycles. The second kappa shape index (κ2) is 6.86. The summed E-state index contributed by atoms with van der Waals surface area (Å²) in [4.78, 5) is 0. The number of hydrogen-bond donors (Lipinski definition) is 1. The van der Waals surface area contributed by atoms with Crippen molar-refractivity contribution in [3.8, 4) is 0 Å². The molecule has 0 saturated heterocycles. The first kappa shape index (κ1) is 15.1. The summed E-state index contributed by atoms with van der Waals surface area (Å²) in [5.74, 6) is -0.214. The predicted octanol–water partition coefficient (Wildman–Crippen LogP) is 3.29. The Kier molecular flexibility index (Phi) is 5.76. The van der Waals surface area contributed by atoms with E-state index in [2.05, 4.69) is 13.8 Å². The summed E-state index contributed by atoms with van der Waals surface area (Å²) < 4.78 is 18.7. The highest BCUT2D eigenvalue weighted by atomic mass is 19.1. The molecule has 0 heterocycles. The van der Waals surface area contributed by atoms with Gasteiger partial charge in [0.1, 0.15) is 5.82 Å². The highest BCUT2D eigenvalue weighted by Crippen LogP contribution is 2.26. The van der Waals surface area contributed by atoms with E-state index >= 15 is 0 Å². The third-order valence-electron chi connectivity index (χ3n) is 3.67. The normalized spacial score (nSPS) is 13.6. The molecule has 18 heavy (non-hydrogen) atoms. The quantitative estimate of drug-likeness (QED) is 0.809. The maximum atomic E-state index is 12.9. The molecule has 0 spiro atoms. The molecule has 1 unspecified atom stereocenters. The Labute approximate surface area is 109 Å². The van der Waals surface area contributed by atoms with Gasteiger partial charge in [-0.15, -0.1) is 0 Å². The van der Waals surface area contributed by atoms with Gasteiger partial charge in [0, 0.05) is 12.6 Å². The fraction of sp³-hybridized carbons (Fsp3) is 0.600. The van der Waals surface area contributed by atoms with Crippen molar-refractivity contribution in [1.82, 2.24) is 0 Å². The standard InChI is InChI=1S/C15H24FNO/c1-4-15(5-2,18-6-3)14(17)11-12-7-9-13(16)10-8-12/h7-10,14H,4-6,11,17H2,1-3H3. The summed E-state index contributed by atoms with van der Waals surface area (Å²) in [6, 6.07) is 6.46. The fourth-order valence-corrected chi connectivity index (χ4v) is 2.43. The van der Waals surface area contributed by atoms with Crippen molar-refractivity contribution < 1.29 is 9.13 Å². The van der Waals surface area contributed by atoms with Crippen LogP contribution >= 0.6 is 0 Å². The molecule has 1 aromatic rings. The summed E-state index contributed by atoms with van der Waals surface area (Å²) in [7, 11) is 0. The Bertz CT molecular complexity index is 346. The number of halogens is 1. The lowest BCUT2D eigenvalue weighted by atomic mass is 9.85. The monoisotopic (exact) mass is 253 g/mol. The molecular weight excluding hydrogens is 229 g/mol. The first-order valence-corrected chi connectivity index (χ1v) is 6.72. The van der Waals surface area contributed by atoms with E-state index < -0.39 is 0 Å². The minimum absolute atomic E-state index is 0.0714. The Balaban J connectivity index is 2.77. The second-order valence-corrected chi connectivity index (χ2v) is 4.64. The lowest BCUT2D eigenvalue weighted by molar-refractivity contribution is -0.0633. The third-order valence-corrected chi connectivity index (χ3v) is 3.67. The van der Waals surface area contributed by atoms with Crippen molar-refractivity contribution in [1.29, 1.82) is 0 Å². The predicted molar refractivity (Wildman–Crippen MR) is 73.0 cm³/mol. The summed E-state index contributed by atoms with van der Waals surface area (Å²) in [5.41, 5.74) is 7.09. The molecular formula is C15H24FNO. The molecule has 1 aromatic carbocycles. The van der Waals surface area contributed by atoms with Gasteiger partial charge in [0.2, 0.25) is 0 Å². The van der Waals surface area contributed by atoms with E-state index in [-0.39, 0.29) is 17.5 Å². The van der Waals surface area contributed by atoms with Crippen LogP contribution in [0.4, 0.5) is 4.39 Å². The molecule has 102 valence electrons. The van der Waals surface area contributed by atoms with E-state index in [9.17, 15) is 4.39 Å². The maximum Gasteiger partial charge on any atom is 0.123 e. The number of hydrogen-bond acceptors (Lipinski definition) is 2. The van der Waals surface area contributed by atoms with Gasteiger partial charge in [-0.1, -0.05) is 26.0 Å². The van der Waals surface area contributed by atoms with Crippen molar-refractivity contribution in [2.75, 3.05) is 6.61 Å². The molecule has 1 rings (SSSR count). The van der Waals surface area contributed by atoms with Crippen LogP contribution in [0.5, 0.6) is 0 Å². The van der Waals surface area contributed by atoms with Gasteiger partial charge < -0.3 is 10.5 Å². The molecule has 0 amide bonds. The Morgan fingerprint density at radius 2 is 1.72 bits per heavy atom. The molecule has 2 nitrogen and oxygen atoms in total. The smallest absolute Gasteiger partial charge is 0.123 e. The molecule has 0 aliphatic heterocycles. The summed E-state index contributed by atoms with van der Waals surface area (Å²) in [5, 5.41) is 0. The van der Waals surface area contributed by atoms with E-state index in [1.54, 1.807) is 12.1 Å². The van der Waals surface area contributed by atoms with E-state index in [1.807, 2.05) is 6.92 Å². The second-order valence-electron chi connectivity index (χ2n) is 4.64. The molecule has 1 atom stereocenters. The Morgan fingerprint density at radius 3 is 2.17 bits per heavy atom. The van der Waals surface area contributed by atoms with Gasteiger partial charge in [-0.3, -0.25) is 0 Å². The van der Waals surface area contributed by atoms with Crippen LogP contribution in [0.3, 0.4) is 0 Å². The van der Waals surface area contributed by atoms with Gasteiger partial charge in [0.25, 0.3) is 0 Å². The number of ether oxygens (including phenoxy) is 1. The van der Waals surface area contributed by atoms with Crippen LogP contribution < -0.4 is 5.73 Å². The van der Waals surface area contributed by atoms with Gasteiger partial charge >= 0.3 is 0 Å². The van der Waals surface area contributed by atoms with Crippen LogP contribution in [-0.4, -0.2) is 18.2 Å². The SMILES string of the molecule is CCOC(CC)(CC)C(N)Cc1ccc(F)cc1. The van der Waals surface area contributed by atoms with Crippen LogP contribution in [0.15, 0.2) is 24.3 Å². The van der Waals surface area contributed by atoms with Crippen LogP contribution in [-0.2, 0) is 11.2 Å². The fourth-order valence-electron chi connectivity index (χ4n) is 2.43. The lowest BCUT2D eigenvalue weighted by Gasteiger charge is -2.37. The topological polar surface area (TPSA) is 35.2 Å². The Morgan fingerprint density at radius 1 is 1.17 bits per heavy atom. The molecule has 2 N–H and O–H groups in total. The zero-order chi connectivity index (χ0) is 13.6. The summed E-state index contributed by atoms with van der Waals surface area (Å²) in [6.07, 6.45) is 2.49. The van der Waals surface area contributed by atoms with Gasteiger partial charge in [-0.2, -0.15) is 0 Å². The molecule has 0 bridgehead atoms. The first-order chi connectivity index (χ1) is 8.57. The first-order valence-electron chi connectivity index (χ1n) is 6.72. The third kappa shape index (κ3) is 3.53. The summed E-state index contributed by atoms with van der Waals surface area (Å²) >= 11 is 0. The number of benzene rings is 1. The highest BCUT2D eigenvalue weighted by molar-refractivity contribution is 5.18. The molecule has 0 radical (unpaired) electrons. The highest BCUT2D eigenvalue weighted by Gasteiger charge is 2.33. The minimum Gasteiger partial charge on any atom is -0.374 e. The van der Waals surface area contributed by atoms with E-state index in [0.717, 1.165) is 18.4 Å². The van der Waals surface area contributed by atoms with E-state index in [1.165, 1.54) is 12.1 Å². The molecule has 0 aromatic heterocycles. The van der Waals surface area contributed by atoms with Crippen LogP contribution in [0.2, 0.25) is 0 Å². The van der Waals surface area contributed by atoms with E-state index in [0.29, 0.717) is 13.0 Å². The van der Waals surface area contributed by atoms with Crippen LogP contribution in [0.25, 0.3) is 0 Å². The average Bonchev–Trinajstić information content (AvgIpc) is 2.38. The van der Waals surface area contributed by atoms with Gasteiger partial charge in [-0.25, -0.2) is 4.39 Å².